The number of hydrogen-bond donors (Lipinski definition) is 2. The SMILES string of the molecule is Cc1c(C(C)NC2CCCCC2C2CCCN2)cnn1C. The highest BCUT2D eigenvalue weighted by molar-refractivity contribution is 5.20. The highest BCUT2D eigenvalue weighted by Gasteiger charge is 2.34. The van der Waals surface area contributed by atoms with Gasteiger partial charge in [-0.05, 0) is 52.0 Å². The normalized spacial score (nSPS) is 31.5. The van der Waals surface area contributed by atoms with Crippen molar-refractivity contribution in [3.05, 3.63) is 17.5 Å². The molecule has 2 N–H and O–H groups in total. The fourth-order valence-corrected chi connectivity index (χ4v) is 4.28. The van der Waals surface area contributed by atoms with Crippen LogP contribution >= 0.6 is 0 Å². The Morgan fingerprint density at radius 1 is 1.29 bits per heavy atom. The molecule has 1 aromatic heterocycles. The maximum atomic E-state index is 4.39. The lowest BCUT2D eigenvalue weighted by molar-refractivity contribution is 0.203. The second-order valence-electron chi connectivity index (χ2n) is 6.95. The molecule has 1 aliphatic carbocycles. The van der Waals surface area contributed by atoms with Gasteiger partial charge in [0.2, 0.25) is 0 Å². The molecule has 3 rings (SSSR count). The molecule has 118 valence electrons. The van der Waals surface area contributed by atoms with Crippen molar-refractivity contribution in [3.8, 4) is 0 Å². The van der Waals surface area contributed by atoms with E-state index in [0.29, 0.717) is 12.1 Å². The van der Waals surface area contributed by atoms with Crippen molar-refractivity contribution in [1.82, 2.24) is 20.4 Å². The lowest BCUT2D eigenvalue weighted by atomic mass is 9.79. The zero-order chi connectivity index (χ0) is 14.8. The van der Waals surface area contributed by atoms with E-state index in [1.54, 1.807) is 0 Å². The number of aryl methyl sites for hydroxylation is 1. The number of nitrogens with one attached hydrogen (secondary N) is 2. The van der Waals surface area contributed by atoms with Crippen LogP contribution in [0, 0.1) is 12.8 Å². The summed E-state index contributed by atoms with van der Waals surface area (Å²) >= 11 is 0. The molecule has 4 nitrogen and oxygen atoms in total. The number of nitrogens with zero attached hydrogens (tertiary/aromatic N) is 2. The molecule has 0 radical (unpaired) electrons. The zero-order valence-corrected chi connectivity index (χ0v) is 13.7. The smallest absolute Gasteiger partial charge is 0.0540 e. The van der Waals surface area contributed by atoms with Crippen LogP contribution in [-0.4, -0.2) is 28.4 Å². The van der Waals surface area contributed by atoms with Gasteiger partial charge in [-0.1, -0.05) is 12.8 Å². The highest BCUT2D eigenvalue weighted by atomic mass is 15.3. The van der Waals surface area contributed by atoms with Crippen molar-refractivity contribution in [2.24, 2.45) is 13.0 Å². The van der Waals surface area contributed by atoms with E-state index in [0.717, 1.165) is 12.0 Å². The van der Waals surface area contributed by atoms with E-state index < -0.39 is 0 Å². The monoisotopic (exact) mass is 290 g/mol. The molecule has 2 heterocycles. The van der Waals surface area contributed by atoms with Gasteiger partial charge in [-0.3, -0.25) is 4.68 Å². The van der Waals surface area contributed by atoms with Gasteiger partial charge in [0.25, 0.3) is 0 Å². The molecule has 4 unspecified atom stereocenters. The van der Waals surface area contributed by atoms with Crippen LogP contribution < -0.4 is 10.6 Å². The van der Waals surface area contributed by atoms with E-state index in [1.165, 1.54) is 56.3 Å². The molecule has 1 aliphatic heterocycles. The summed E-state index contributed by atoms with van der Waals surface area (Å²) in [5.41, 5.74) is 2.63. The third-order valence-corrected chi connectivity index (χ3v) is 5.64. The first-order chi connectivity index (χ1) is 10.2. The second kappa shape index (κ2) is 6.49. The van der Waals surface area contributed by atoms with Gasteiger partial charge in [0.05, 0.1) is 6.20 Å². The first-order valence-corrected chi connectivity index (χ1v) is 8.64. The molecule has 0 aromatic carbocycles. The summed E-state index contributed by atoms with van der Waals surface area (Å²) in [6.45, 7) is 5.67. The number of hydrogen-bond acceptors (Lipinski definition) is 3. The molecule has 4 heteroatoms. The van der Waals surface area contributed by atoms with Gasteiger partial charge in [-0.2, -0.15) is 5.10 Å². The second-order valence-corrected chi connectivity index (χ2v) is 6.95. The minimum absolute atomic E-state index is 0.394. The van der Waals surface area contributed by atoms with Crippen LogP contribution in [0.3, 0.4) is 0 Å². The molecule has 4 atom stereocenters. The van der Waals surface area contributed by atoms with E-state index in [9.17, 15) is 0 Å². The predicted molar refractivity (Wildman–Crippen MR) is 86.3 cm³/mol. The Hall–Kier alpha value is -0.870. The highest BCUT2D eigenvalue weighted by Crippen LogP contribution is 2.32. The van der Waals surface area contributed by atoms with E-state index in [1.807, 2.05) is 17.9 Å². The molecule has 1 aromatic rings. The maximum Gasteiger partial charge on any atom is 0.0540 e. The van der Waals surface area contributed by atoms with Crippen LogP contribution in [0.25, 0.3) is 0 Å². The Balaban J connectivity index is 1.67. The van der Waals surface area contributed by atoms with Crippen molar-refractivity contribution in [1.29, 1.82) is 0 Å². The van der Waals surface area contributed by atoms with Crippen molar-refractivity contribution >= 4 is 0 Å². The zero-order valence-electron chi connectivity index (χ0n) is 13.7. The van der Waals surface area contributed by atoms with Gasteiger partial charge in [0, 0.05) is 36.4 Å². The first-order valence-electron chi connectivity index (χ1n) is 8.64. The molecule has 0 bridgehead atoms. The lowest BCUT2D eigenvalue weighted by Gasteiger charge is -2.38. The van der Waals surface area contributed by atoms with Crippen LogP contribution in [0.4, 0.5) is 0 Å². The van der Waals surface area contributed by atoms with Crippen molar-refractivity contribution in [3.63, 3.8) is 0 Å². The van der Waals surface area contributed by atoms with E-state index in [-0.39, 0.29) is 0 Å². The molecular weight excluding hydrogens is 260 g/mol. The fourth-order valence-electron chi connectivity index (χ4n) is 4.28. The molecule has 2 aliphatic rings. The summed E-state index contributed by atoms with van der Waals surface area (Å²) < 4.78 is 1.98. The Labute approximate surface area is 128 Å². The lowest BCUT2D eigenvalue weighted by Crippen LogP contribution is -2.47. The molecule has 21 heavy (non-hydrogen) atoms. The summed E-state index contributed by atoms with van der Waals surface area (Å²) in [5, 5.41) is 12.0. The Morgan fingerprint density at radius 2 is 2.10 bits per heavy atom. The third-order valence-electron chi connectivity index (χ3n) is 5.64. The maximum absolute atomic E-state index is 4.39. The van der Waals surface area contributed by atoms with Gasteiger partial charge in [-0.15, -0.1) is 0 Å². The van der Waals surface area contributed by atoms with E-state index in [2.05, 4.69) is 29.6 Å². The van der Waals surface area contributed by atoms with Crippen LogP contribution in [-0.2, 0) is 7.05 Å². The molecule has 0 spiro atoms. The quantitative estimate of drug-likeness (QED) is 0.896. The van der Waals surface area contributed by atoms with Crippen LogP contribution in [0.15, 0.2) is 6.20 Å². The minimum Gasteiger partial charge on any atom is -0.314 e. The van der Waals surface area contributed by atoms with Crippen molar-refractivity contribution < 1.29 is 0 Å². The number of aromatic nitrogens is 2. The summed E-state index contributed by atoms with van der Waals surface area (Å²) in [6.07, 6.45) is 10.2. The molecule has 2 fully saturated rings. The standard InChI is InChI=1S/C17H30N4/c1-12(15-11-19-21(3)13(15)2)20-17-8-5-4-7-14(17)16-9-6-10-18-16/h11-12,14,16-18,20H,4-10H2,1-3H3. The molecular formula is C17H30N4. The first kappa shape index (κ1) is 15.0. The summed E-state index contributed by atoms with van der Waals surface area (Å²) in [5.74, 6) is 0.806. The minimum atomic E-state index is 0.394. The van der Waals surface area contributed by atoms with Crippen LogP contribution in [0.1, 0.15) is 62.7 Å². The van der Waals surface area contributed by atoms with Crippen molar-refractivity contribution in [2.45, 2.75) is 70.5 Å². The fraction of sp³-hybridized carbons (Fsp3) is 0.824. The van der Waals surface area contributed by atoms with E-state index >= 15 is 0 Å². The summed E-state index contributed by atoms with van der Waals surface area (Å²) in [7, 11) is 2.03. The largest absolute Gasteiger partial charge is 0.314 e. The van der Waals surface area contributed by atoms with Gasteiger partial charge in [-0.25, -0.2) is 0 Å². The Kier molecular flexibility index (Phi) is 4.65. The molecule has 0 amide bonds. The average Bonchev–Trinajstić information content (AvgIpc) is 3.11. The van der Waals surface area contributed by atoms with Gasteiger partial charge < -0.3 is 10.6 Å². The third kappa shape index (κ3) is 3.16. The summed E-state index contributed by atoms with van der Waals surface area (Å²) in [4.78, 5) is 0. The Bertz CT molecular complexity index is 461. The molecule has 1 saturated heterocycles. The number of rotatable bonds is 4. The van der Waals surface area contributed by atoms with Gasteiger partial charge in [0.1, 0.15) is 0 Å². The van der Waals surface area contributed by atoms with Gasteiger partial charge >= 0.3 is 0 Å². The summed E-state index contributed by atoms with van der Waals surface area (Å²) in [6, 6.07) is 1.79. The predicted octanol–water partition coefficient (Wildman–Crippen LogP) is 2.69. The topological polar surface area (TPSA) is 41.9 Å². The van der Waals surface area contributed by atoms with Gasteiger partial charge in [0.15, 0.2) is 0 Å². The van der Waals surface area contributed by atoms with Crippen LogP contribution in [0.2, 0.25) is 0 Å². The average molecular weight is 290 g/mol. The van der Waals surface area contributed by atoms with Crippen molar-refractivity contribution in [2.75, 3.05) is 6.54 Å². The van der Waals surface area contributed by atoms with E-state index in [4.69, 9.17) is 0 Å². The Morgan fingerprint density at radius 3 is 2.76 bits per heavy atom. The van der Waals surface area contributed by atoms with Crippen LogP contribution in [0.5, 0.6) is 0 Å². The molecule has 1 saturated carbocycles.